The van der Waals surface area contributed by atoms with Crippen LogP contribution < -0.4 is 12.4 Å². The van der Waals surface area contributed by atoms with E-state index in [1.807, 2.05) is 33.9 Å². The number of rotatable bonds is 2. The van der Waals surface area contributed by atoms with Crippen molar-refractivity contribution in [1.29, 1.82) is 0 Å². The molecule has 0 radical (unpaired) electrons. The van der Waals surface area contributed by atoms with Crippen molar-refractivity contribution in [2.45, 2.75) is 4.55 Å². The molecule has 11 heavy (non-hydrogen) atoms. The molecule has 0 atom stereocenters. The Morgan fingerprint density at radius 2 is 2.00 bits per heavy atom. The molecule has 0 aliphatic rings. The van der Waals surface area contributed by atoms with E-state index in [1.54, 1.807) is 0 Å². The van der Waals surface area contributed by atoms with Gasteiger partial charge in [-0.25, -0.2) is 0 Å². The fraction of sp³-hybridized carbons (Fsp3) is 0.111. The van der Waals surface area contributed by atoms with Crippen molar-refractivity contribution in [2.75, 3.05) is 0 Å². The van der Waals surface area contributed by atoms with E-state index in [4.69, 9.17) is 0 Å². The van der Waals surface area contributed by atoms with Crippen molar-refractivity contribution in [1.82, 2.24) is 0 Å². The molecule has 0 aromatic heterocycles. The quantitative estimate of drug-likeness (QED) is 0.508. The first-order chi connectivity index (χ1) is 4.88. The predicted molar refractivity (Wildman–Crippen MR) is 46.0 cm³/mol. The van der Waals surface area contributed by atoms with E-state index in [1.165, 1.54) is 11.1 Å². The fourth-order valence-electron chi connectivity index (χ4n) is 0.961. The van der Waals surface area contributed by atoms with Gasteiger partial charge in [0.25, 0.3) is 0 Å². The first-order valence-electron chi connectivity index (χ1n) is 3.38. The summed E-state index contributed by atoms with van der Waals surface area (Å²) >= 11 is 1.97. The van der Waals surface area contributed by atoms with Crippen LogP contribution in [0.4, 0.5) is 0 Å². The van der Waals surface area contributed by atoms with Crippen LogP contribution in [0.2, 0.25) is 0 Å². The zero-order chi connectivity index (χ0) is 7.40. The minimum Gasteiger partial charge on any atom is -1.00 e. The molecule has 54 valence electrons. The van der Waals surface area contributed by atoms with Crippen LogP contribution >= 0.6 is 0 Å². The summed E-state index contributed by atoms with van der Waals surface area (Å²) in [5.74, 6) is 0. The molecule has 1 rings (SSSR count). The fourth-order valence-corrected chi connectivity index (χ4v) is 1.42. The van der Waals surface area contributed by atoms with Crippen LogP contribution in [0.25, 0.3) is 6.08 Å². The molecule has 1 aromatic rings. The van der Waals surface area contributed by atoms with Crippen LogP contribution in [0.3, 0.4) is 0 Å². The molecular weight excluding hydrogens is 168 g/mol. The third-order valence-corrected chi connectivity index (χ3v) is 2.08. The van der Waals surface area contributed by atoms with E-state index < -0.39 is 0 Å². The summed E-state index contributed by atoms with van der Waals surface area (Å²) in [6, 6.07) is 8.34. The molecule has 1 aromatic carbocycles. The SMILES string of the molecule is C=Cc1ccccc1[CH2][Mg+].[Cl-]. The van der Waals surface area contributed by atoms with Crippen LogP contribution in [0, 0.1) is 0 Å². The maximum Gasteiger partial charge on any atom is -1.00 e. The summed E-state index contributed by atoms with van der Waals surface area (Å²) in [6.07, 6.45) is 1.91. The topological polar surface area (TPSA) is 0 Å². The Hall–Kier alpha value is 0.0162. The van der Waals surface area contributed by atoms with Gasteiger partial charge in [0.1, 0.15) is 0 Å². The number of benzene rings is 1. The molecule has 0 heterocycles. The molecule has 0 aliphatic carbocycles. The maximum atomic E-state index is 3.74. The number of hydrogen-bond acceptors (Lipinski definition) is 0. The molecule has 0 nitrogen and oxygen atoms in total. The predicted octanol–water partition coefficient (Wildman–Crippen LogP) is -0.998. The van der Waals surface area contributed by atoms with E-state index >= 15 is 0 Å². The Morgan fingerprint density at radius 1 is 1.36 bits per heavy atom. The summed E-state index contributed by atoms with van der Waals surface area (Å²) in [7, 11) is 0. The van der Waals surface area contributed by atoms with Gasteiger partial charge in [-0.05, 0) is 0 Å². The van der Waals surface area contributed by atoms with Gasteiger partial charge in [0.15, 0.2) is 0 Å². The van der Waals surface area contributed by atoms with E-state index in [0.29, 0.717) is 0 Å². The molecule has 0 amide bonds. The van der Waals surface area contributed by atoms with Crippen LogP contribution in [0.15, 0.2) is 30.8 Å². The second kappa shape index (κ2) is 5.64. The van der Waals surface area contributed by atoms with Crippen molar-refractivity contribution in [3.05, 3.63) is 42.0 Å². The van der Waals surface area contributed by atoms with E-state index in [-0.39, 0.29) is 12.4 Å². The van der Waals surface area contributed by atoms with Gasteiger partial charge in [0, 0.05) is 0 Å². The number of halogens is 1. The largest absolute Gasteiger partial charge is 1.00 e. The molecule has 0 aliphatic heterocycles. The molecule has 0 unspecified atom stereocenters. The van der Waals surface area contributed by atoms with Gasteiger partial charge in [0.2, 0.25) is 0 Å². The maximum absolute atomic E-state index is 3.74. The van der Waals surface area contributed by atoms with E-state index in [9.17, 15) is 0 Å². The van der Waals surface area contributed by atoms with Crippen LogP contribution in [-0.4, -0.2) is 21.7 Å². The van der Waals surface area contributed by atoms with Crippen LogP contribution in [-0.2, 0) is 4.55 Å². The third-order valence-electron chi connectivity index (χ3n) is 1.54. The van der Waals surface area contributed by atoms with Crippen molar-refractivity contribution < 1.29 is 12.4 Å². The van der Waals surface area contributed by atoms with Crippen molar-refractivity contribution >= 4 is 27.8 Å². The zero-order valence-corrected chi connectivity index (χ0v) is 8.56. The standard InChI is InChI=1S/C9H9.ClH.Mg/c1-3-9-7-5-4-6-8(9)2;;/h3-7H,1-2H2;1H;/q;;+1/p-1. The second-order valence-electron chi connectivity index (χ2n) is 2.15. The van der Waals surface area contributed by atoms with Gasteiger partial charge in [0.05, 0.1) is 0 Å². The average Bonchev–Trinajstić information content (AvgIpc) is 2.04. The molecule has 0 bridgehead atoms. The Morgan fingerprint density at radius 3 is 2.45 bits per heavy atom. The van der Waals surface area contributed by atoms with Gasteiger partial charge in [-0.3, -0.25) is 0 Å². The summed E-state index contributed by atoms with van der Waals surface area (Å²) in [5.41, 5.74) is 2.65. The van der Waals surface area contributed by atoms with Gasteiger partial charge in [-0.15, -0.1) is 0 Å². The monoisotopic (exact) mass is 176 g/mol. The molecule has 2 heteroatoms. The van der Waals surface area contributed by atoms with Crippen LogP contribution in [0.1, 0.15) is 11.1 Å². The molecule has 0 saturated heterocycles. The zero-order valence-electron chi connectivity index (χ0n) is 6.39. The minimum atomic E-state index is 0. The Labute approximate surface area is 86.5 Å². The molecule has 0 fully saturated rings. The molecule has 0 spiro atoms. The minimum absolute atomic E-state index is 0. The van der Waals surface area contributed by atoms with Gasteiger partial charge < -0.3 is 12.4 Å². The first kappa shape index (κ1) is 11.0. The van der Waals surface area contributed by atoms with Gasteiger partial charge >= 0.3 is 74.3 Å². The average molecular weight is 177 g/mol. The molecular formula is C9H9ClMg. The summed E-state index contributed by atoms with van der Waals surface area (Å²) < 4.78 is 1.11. The second-order valence-corrected chi connectivity index (χ2v) is 2.65. The Kier molecular flexibility index (Phi) is 5.65. The molecule has 0 N–H and O–H groups in total. The normalized spacial score (nSPS) is 8.55. The van der Waals surface area contributed by atoms with Crippen LogP contribution in [0.5, 0.6) is 0 Å². The smallest absolute Gasteiger partial charge is 1.00 e. The summed E-state index contributed by atoms with van der Waals surface area (Å²) in [6.45, 7) is 3.74. The third kappa shape index (κ3) is 2.85. The van der Waals surface area contributed by atoms with Crippen molar-refractivity contribution in [2.24, 2.45) is 0 Å². The first-order valence-corrected chi connectivity index (χ1v) is 4.38. The molecule has 0 saturated carbocycles. The van der Waals surface area contributed by atoms with Gasteiger partial charge in [-0.1, -0.05) is 0 Å². The van der Waals surface area contributed by atoms with Crippen molar-refractivity contribution in [3.63, 3.8) is 0 Å². The summed E-state index contributed by atoms with van der Waals surface area (Å²) in [4.78, 5) is 0. The number of hydrogen-bond donors (Lipinski definition) is 0. The van der Waals surface area contributed by atoms with Gasteiger partial charge in [-0.2, -0.15) is 0 Å². The Bertz CT molecular complexity index is 233. The van der Waals surface area contributed by atoms with Crippen molar-refractivity contribution in [3.8, 4) is 0 Å². The van der Waals surface area contributed by atoms with E-state index in [0.717, 1.165) is 4.55 Å². The van der Waals surface area contributed by atoms with E-state index in [2.05, 4.69) is 24.8 Å². The summed E-state index contributed by atoms with van der Waals surface area (Å²) in [5, 5.41) is 0. The Balaban J connectivity index is 0.000001000.